The first-order valence-electron chi connectivity index (χ1n) is 5.59. The Kier molecular flexibility index (Phi) is 2.25. The molecule has 3 nitrogen and oxygen atoms in total. The van der Waals surface area contributed by atoms with E-state index in [2.05, 4.69) is 21.4 Å². The lowest BCUT2D eigenvalue weighted by atomic mass is 9.79. The van der Waals surface area contributed by atoms with Crippen LogP contribution < -0.4 is 5.32 Å². The molecule has 1 aromatic heterocycles. The quantitative estimate of drug-likeness (QED) is 0.748. The summed E-state index contributed by atoms with van der Waals surface area (Å²) < 4.78 is 0. The van der Waals surface area contributed by atoms with Crippen LogP contribution in [0.3, 0.4) is 0 Å². The maximum atomic E-state index is 4.38. The Bertz CT molecular complexity index is 372. The van der Waals surface area contributed by atoms with E-state index in [0.717, 1.165) is 31.1 Å². The van der Waals surface area contributed by atoms with Gasteiger partial charge < -0.3 is 5.32 Å². The smallest absolute Gasteiger partial charge is 0.0841 e. The summed E-state index contributed by atoms with van der Waals surface area (Å²) in [6.45, 7) is 2.29. The molecule has 0 amide bonds. The predicted molar refractivity (Wildman–Crippen MR) is 59.1 cm³/mol. The fraction of sp³-hybridized carbons (Fsp3) is 0.500. The summed E-state index contributed by atoms with van der Waals surface area (Å²) in [4.78, 5) is 8.51. The van der Waals surface area contributed by atoms with Gasteiger partial charge in [-0.25, -0.2) is 0 Å². The molecule has 0 saturated carbocycles. The van der Waals surface area contributed by atoms with E-state index in [1.54, 1.807) is 12.4 Å². The van der Waals surface area contributed by atoms with Crippen LogP contribution in [0, 0.1) is 11.8 Å². The summed E-state index contributed by atoms with van der Waals surface area (Å²) in [6.07, 6.45) is 10.3. The molecule has 3 heteroatoms. The summed E-state index contributed by atoms with van der Waals surface area (Å²) >= 11 is 0. The van der Waals surface area contributed by atoms with Crippen molar-refractivity contribution in [2.75, 3.05) is 13.1 Å². The van der Waals surface area contributed by atoms with E-state index >= 15 is 0 Å². The second kappa shape index (κ2) is 3.74. The van der Waals surface area contributed by atoms with Gasteiger partial charge in [0, 0.05) is 18.9 Å². The molecule has 2 heterocycles. The van der Waals surface area contributed by atoms with E-state index in [9.17, 15) is 0 Å². The predicted octanol–water partition coefficient (Wildman–Crippen LogP) is 1.49. The molecule has 0 radical (unpaired) electrons. The third-order valence-corrected chi connectivity index (χ3v) is 3.31. The SMILES string of the molecule is C1=C(c2cnccn2)C[C@H]2CNC[C@@H]1C2. The van der Waals surface area contributed by atoms with Gasteiger partial charge in [-0.1, -0.05) is 6.08 Å². The second-order valence-corrected chi connectivity index (χ2v) is 4.51. The largest absolute Gasteiger partial charge is 0.316 e. The van der Waals surface area contributed by atoms with Gasteiger partial charge in [-0.05, 0) is 36.8 Å². The van der Waals surface area contributed by atoms with E-state index in [0.29, 0.717) is 5.92 Å². The lowest BCUT2D eigenvalue weighted by Crippen LogP contribution is -2.37. The highest BCUT2D eigenvalue weighted by Gasteiger charge is 2.26. The number of aromatic nitrogens is 2. The van der Waals surface area contributed by atoms with Crippen molar-refractivity contribution in [2.24, 2.45) is 11.8 Å². The lowest BCUT2D eigenvalue weighted by Gasteiger charge is -2.33. The number of hydrogen-bond donors (Lipinski definition) is 1. The van der Waals surface area contributed by atoms with Crippen LogP contribution in [0.5, 0.6) is 0 Å². The first-order chi connectivity index (χ1) is 7.42. The molecular weight excluding hydrogens is 186 g/mol. The summed E-state index contributed by atoms with van der Waals surface area (Å²) in [5.74, 6) is 1.50. The van der Waals surface area contributed by atoms with Crippen molar-refractivity contribution >= 4 is 5.57 Å². The molecule has 1 fully saturated rings. The lowest BCUT2D eigenvalue weighted by molar-refractivity contribution is 0.316. The minimum atomic E-state index is 0.703. The van der Waals surface area contributed by atoms with E-state index < -0.39 is 0 Å². The fourth-order valence-electron chi connectivity index (χ4n) is 2.67. The Labute approximate surface area is 89.6 Å². The molecule has 0 spiro atoms. The first-order valence-corrected chi connectivity index (χ1v) is 5.59. The van der Waals surface area contributed by atoms with Crippen LogP contribution in [0.15, 0.2) is 24.7 Å². The minimum Gasteiger partial charge on any atom is -0.316 e. The van der Waals surface area contributed by atoms with Gasteiger partial charge in [0.15, 0.2) is 0 Å². The average Bonchev–Trinajstić information content (AvgIpc) is 2.30. The zero-order valence-corrected chi connectivity index (χ0v) is 8.69. The molecule has 3 rings (SSSR count). The van der Waals surface area contributed by atoms with Crippen LogP contribution in [0.4, 0.5) is 0 Å². The molecule has 0 unspecified atom stereocenters. The van der Waals surface area contributed by atoms with Crippen molar-refractivity contribution in [2.45, 2.75) is 12.8 Å². The van der Waals surface area contributed by atoms with Gasteiger partial charge in [0.1, 0.15) is 0 Å². The molecule has 1 aliphatic carbocycles. The monoisotopic (exact) mass is 201 g/mol. The van der Waals surface area contributed by atoms with Gasteiger partial charge in [-0.15, -0.1) is 0 Å². The van der Waals surface area contributed by atoms with Crippen LogP contribution in [-0.4, -0.2) is 23.1 Å². The summed E-state index contributed by atoms with van der Waals surface area (Å²) in [6, 6.07) is 0. The number of nitrogens with zero attached hydrogens (tertiary/aromatic N) is 2. The first kappa shape index (κ1) is 9.04. The van der Waals surface area contributed by atoms with Crippen molar-refractivity contribution < 1.29 is 0 Å². The molecule has 0 aromatic carbocycles. The maximum absolute atomic E-state index is 4.38. The van der Waals surface area contributed by atoms with Gasteiger partial charge in [-0.3, -0.25) is 9.97 Å². The average molecular weight is 201 g/mol. The highest BCUT2D eigenvalue weighted by atomic mass is 14.9. The van der Waals surface area contributed by atoms with Crippen molar-refractivity contribution in [3.63, 3.8) is 0 Å². The summed E-state index contributed by atoms with van der Waals surface area (Å²) in [5.41, 5.74) is 2.46. The number of piperidine rings is 1. The zero-order valence-electron chi connectivity index (χ0n) is 8.69. The molecular formula is C12H15N3. The molecule has 2 atom stereocenters. The minimum absolute atomic E-state index is 0.703. The van der Waals surface area contributed by atoms with Crippen molar-refractivity contribution in [3.05, 3.63) is 30.4 Å². The van der Waals surface area contributed by atoms with Crippen LogP contribution >= 0.6 is 0 Å². The van der Waals surface area contributed by atoms with Gasteiger partial charge >= 0.3 is 0 Å². The molecule has 15 heavy (non-hydrogen) atoms. The Morgan fingerprint density at radius 1 is 1.27 bits per heavy atom. The normalized spacial score (nSPS) is 29.7. The maximum Gasteiger partial charge on any atom is 0.0841 e. The summed E-state index contributed by atoms with van der Waals surface area (Å²) in [7, 11) is 0. The van der Waals surface area contributed by atoms with Gasteiger partial charge in [0.25, 0.3) is 0 Å². The van der Waals surface area contributed by atoms with E-state index in [1.807, 2.05) is 6.20 Å². The standard InChI is InChI=1S/C12H15N3/c1-2-15-12(8-13-1)11-4-9-3-10(5-11)7-14-6-9/h1-2,4,8-10,14H,3,5-7H2/t9-,10+/m1/s1. The van der Waals surface area contributed by atoms with Gasteiger partial charge in [0.05, 0.1) is 11.9 Å². The molecule has 78 valence electrons. The number of hydrogen-bond acceptors (Lipinski definition) is 3. The van der Waals surface area contributed by atoms with E-state index in [-0.39, 0.29) is 0 Å². The Hall–Kier alpha value is -1.22. The van der Waals surface area contributed by atoms with E-state index in [1.165, 1.54) is 12.0 Å². The van der Waals surface area contributed by atoms with Crippen molar-refractivity contribution in [1.82, 2.24) is 15.3 Å². The third kappa shape index (κ3) is 1.79. The van der Waals surface area contributed by atoms with Gasteiger partial charge in [-0.2, -0.15) is 0 Å². The number of fused-ring (bicyclic) bond motifs is 2. The number of allylic oxidation sites excluding steroid dienone is 1. The topological polar surface area (TPSA) is 37.8 Å². The van der Waals surface area contributed by atoms with Crippen LogP contribution in [0.2, 0.25) is 0 Å². The van der Waals surface area contributed by atoms with E-state index in [4.69, 9.17) is 0 Å². The molecule has 1 aliphatic heterocycles. The van der Waals surface area contributed by atoms with Crippen LogP contribution in [0.25, 0.3) is 5.57 Å². The third-order valence-electron chi connectivity index (χ3n) is 3.31. The molecule has 2 bridgehead atoms. The molecule has 2 aliphatic rings. The van der Waals surface area contributed by atoms with Crippen molar-refractivity contribution in [1.29, 1.82) is 0 Å². The highest BCUT2D eigenvalue weighted by Crippen LogP contribution is 2.34. The second-order valence-electron chi connectivity index (χ2n) is 4.51. The fourth-order valence-corrected chi connectivity index (χ4v) is 2.67. The zero-order chi connectivity index (χ0) is 10.1. The van der Waals surface area contributed by atoms with Crippen LogP contribution in [-0.2, 0) is 0 Å². The van der Waals surface area contributed by atoms with Crippen molar-refractivity contribution in [3.8, 4) is 0 Å². The number of nitrogens with one attached hydrogen (secondary N) is 1. The summed E-state index contributed by atoms with van der Waals surface area (Å²) in [5, 5.41) is 3.48. The van der Waals surface area contributed by atoms with Crippen LogP contribution in [0.1, 0.15) is 18.5 Å². The van der Waals surface area contributed by atoms with Gasteiger partial charge in [0.2, 0.25) is 0 Å². The Morgan fingerprint density at radius 2 is 2.27 bits per heavy atom. The Balaban J connectivity index is 1.91. The molecule has 1 N–H and O–H groups in total. The highest BCUT2D eigenvalue weighted by molar-refractivity contribution is 5.63. The molecule has 1 aromatic rings. The molecule has 1 saturated heterocycles. The Morgan fingerprint density at radius 3 is 3.07 bits per heavy atom. The number of rotatable bonds is 1.